The molecule has 7 nitrogen and oxygen atoms in total. The highest BCUT2D eigenvalue weighted by Gasteiger charge is 2.28. The van der Waals surface area contributed by atoms with Gasteiger partial charge in [0.1, 0.15) is 16.9 Å². The largest absolute Gasteiger partial charge is 0.495 e. The van der Waals surface area contributed by atoms with Crippen LogP contribution in [-0.2, 0) is 9.59 Å². The zero-order valence-corrected chi connectivity index (χ0v) is 16.9. The number of carbonyl (C=O) groups is 2. The molecule has 0 spiro atoms. The number of hydrogen-bond donors (Lipinski definition) is 3. The molecule has 0 aliphatic heterocycles. The van der Waals surface area contributed by atoms with Crippen LogP contribution in [0.1, 0.15) is 19.8 Å². The minimum absolute atomic E-state index is 0.0223. The Hall–Kier alpha value is -3.06. The van der Waals surface area contributed by atoms with Crippen molar-refractivity contribution in [1.29, 1.82) is 0 Å². The van der Waals surface area contributed by atoms with E-state index < -0.39 is 6.04 Å². The van der Waals surface area contributed by atoms with E-state index in [0.717, 1.165) is 34.1 Å². The van der Waals surface area contributed by atoms with E-state index in [1.807, 2.05) is 37.4 Å². The smallest absolute Gasteiger partial charge is 0.282 e. The lowest BCUT2D eigenvalue weighted by Gasteiger charge is -2.21. The van der Waals surface area contributed by atoms with Gasteiger partial charge in [-0.15, -0.1) is 0 Å². The number of quaternary nitrogens is 1. The fourth-order valence-corrected chi connectivity index (χ4v) is 3.40. The average molecular weight is 396 g/mol. The number of para-hydroxylation sites is 1. The van der Waals surface area contributed by atoms with Gasteiger partial charge in [-0.25, -0.2) is 0 Å². The molecule has 1 unspecified atom stereocenters. The van der Waals surface area contributed by atoms with Crippen LogP contribution in [0.5, 0.6) is 5.75 Å². The number of carbonyl (C=O) groups excluding carboxylic acids is 2. The van der Waals surface area contributed by atoms with Crippen molar-refractivity contribution in [3.05, 3.63) is 36.4 Å². The summed E-state index contributed by atoms with van der Waals surface area (Å²) in [6.45, 7) is 2.06. The summed E-state index contributed by atoms with van der Waals surface area (Å²) in [6.07, 6.45) is 2.09. The number of fused-ring (bicyclic) bond motifs is 3. The fraction of sp³-hybridized carbons (Fsp3) is 0.364. The molecular formula is C22H26N3O4+. The molecule has 2 aromatic carbocycles. The Morgan fingerprint density at radius 1 is 1.21 bits per heavy atom. The van der Waals surface area contributed by atoms with Gasteiger partial charge >= 0.3 is 0 Å². The first-order valence-electron chi connectivity index (χ1n) is 9.88. The van der Waals surface area contributed by atoms with E-state index in [0.29, 0.717) is 23.1 Å². The van der Waals surface area contributed by atoms with Crippen LogP contribution in [0.4, 0.5) is 5.69 Å². The summed E-state index contributed by atoms with van der Waals surface area (Å²) in [4.78, 5) is 25.6. The number of methoxy groups -OCH3 is 1. The molecule has 2 atom stereocenters. The first-order valence-corrected chi connectivity index (χ1v) is 9.88. The van der Waals surface area contributed by atoms with Crippen LogP contribution in [0, 0.1) is 0 Å². The minimum atomic E-state index is -0.406. The van der Waals surface area contributed by atoms with Crippen LogP contribution in [0.25, 0.3) is 21.9 Å². The predicted molar refractivity (Wildman–Crippen MR) is 111 cm³/mol. The molecule has 0 radical (unpaired) electrons. The van der Waals surface area contributed by atoms with Crippen molar-refractivity contribution in [2.24, 2.45) is 0 Å². The second-order valence-electron chi connectivity index (χ2n) is 7.72. The molecule has 3 aromatic rings. The predicted octanol–water partition coefficient (Wildman–Crippen LogP) is 1.71. The van der Waals surface area contributed by atoms with E-state index in [1.165, 1.54) is 0 Å². The number of amides is 2. The van der Waals surface area contributed by atoms with Gasteiger partial charge in [-0.2, -0.15) is 0 Å². The Labute approximate surface area is 169 Å². The molecule has 0 bridgehead atoms. The molecule has 1 heterocycles. The molecule has 1 aliphatic rings. The number of ether oxygens (including phenoxy) is 1. The SMILES string of the molecule is COc1cc2c(cc1NC(=O)[C@H](C)[NH+](C)CC(=O)NC1CC1)oc1ccccc12. The summed E-state index contributed by atoms with van der Waals surface area (Å²) in [7, 11) is 3.42. The summed E-state index contributed by atoms with van der Waals surface area (Å²) >= 11 is 0. The molecule has 7 heteroatoms. The maximum absolute atomic E-state index is 12.8. The minimum Gasteiger partial charge on any atom is -0.495 e. The summed E-state index contributed by atoms with van der Waals surface area (Å²) in [5.41, 5.74) is 2.01. The number of anilines is 1. The third-order valence-electron chi connectivity index (χ3n) is 5.47. The zero-order chi connectivity index (χ0) is 20.5. The second kappa shape index (κ2) is 7.75. The zero-order valence-electron chi connectivity index (χ0n) is 16.9. The van der Waals surface area contributed by atoms with Crippen LogP contribution in [-0.4, -0.2) is 44.6 Å². The average Bonchev–Trinajstić information content (AvgIpc) is 3.44. The topological polar surface area (TPSA) is 85.0 Å². The Bertz CT molecular complexity index is 1070. The van der Waals surface area contributed by atoms with E-state index >= 15 is 0 Å². The molecule has 29 heavy (non-hydrogen) atoms. The van der Waals surface area contributed by atoms with Crippen molar-refractivity contribution >= 4 is 39.4 Å². The van der Waals surface area contributed by atoms with Gasteiger partial charge < -0.3 is 24.7 Å². The molecule has 1 fully saturated rings. The number of benzene rings is 2. The van der Waals surface area contributed by atoms with Crippen molar-refractivity contribution < 1.29 is 23.6 Å². The van der Waals surface area contributed by atoms with E-state index in [9.17, 15) is 9.59 Å². The number of hydrogen-bond acceptors (Lipinski definition) is 4. The fourth-order valence-electron chi connectivity index (χ4n) is 3.40. The second-order valence-corrected chi connectivity index (χ2v) is 7.72. The maximum Gasteiger partial charge on any atom is 0.282 e. The molecule has 2 amide bonds. The lowest BCUT2D eigenvalue weighted by Crippen LogP contribution is -3.15. The lowest BCUT2D eigenvalue weighted by atomic mass is 10.1. The number of furan rings is 1. The highest BCUT2D eigenvalue weighted by atomic mass is 16.5. The first-order chi connectivity index (χ1) is 14.0. The van der Waals surface area contributed by atoms with Gasteiger partial charge in [0.15, 0.2) is 12.6 Å². The molecule has 152 valence electrons. The van der Waals surface area contributed by atoms with Gasteiger partial charge in [-0.1, -0.05) is 18.2 Å². The highest BCUT2D eigenvalue weighted by molar-refractivity contribution is 6.08. The molecule has 1 aliphatic carbocycles. The standard InChI is InChI=1S/C22H25N3O4/c1-13(25(2)12-21(26)23-14-8-9-14)22(27)24-17-11-19-16(10-20(17)28-3)15-6-4-5-7-18(15)29-19/h4-7,10-11,13-14H,8-9,12H2,1-3H3,(H,23,26)(H,24,27)/p+1/t13-/m0/s1. The normalized spacial score (nSPS) is 15.8. The van der Waals surface area contributed by atoms with Crippen molar-refractivity contribution in [2.45, 2.75) is 31.8 Å². The third kappa shape index (κ3) is 4.05. The molecule has 0 saturated heterocycles. The summed E-state index contributed by atoms with van der Waals surface area (Å²) < 4.78 is 11.4. The van der Waals surface area contributed by atoms with Crippen molar-refractivity contribution in [3.63, 3.8) is 0 Å². The number of nitrogens with one attached hydrogen (secondary N) is 3. The summed E-state index contributed by atoms with van der Waals surface area (Å²) in [5.74, 6) is 0.357. The van der Waals surface area contributed by atoms with Gasteiger partial charge in [-0.05, 0) is 31.9 Å². The highest BCUT2D eigenvalue weighted by Crippen LogP contribution is 2.36. The van der Waals surface area contributed by atoms with Gasteiger partial charge in [-0.3, -0.25) is 9.59 Å². The first kappa shape index (κ1) is 19.3. The molecule has 3 N–H and O–H groups in total. The van der Waals surface area contributed by atoms with Crippen molar-refractivity contribution in [3.8, 4) is 5.75 Å². The summed E-state index contributed by atoms with van der Waals surface area (Å²) in [6, 6.07) is 11.4. The van der Waals surface area contributed by atoms with Crippen LogP contribution in [0.3, 0.4) is 0 Å². The molecule has 4 rings (SSSR count). The molecular weight excluding hydrogens is 370 g/mol. The van der Waals surface area contributed by atoms with Crippen LogP contribution in [0.2, 0.25) is 0 Å². The van der Waals surface area contributed by atoms with Crippen LogP contribution < -0.4 is 20.3 Å². The summed E-state index contributed by atoms with van der Waals surface area (Å²) in [5, 5.41) is 7.82. The Morgan fingerprint density at radius 3 is 2.69 bits per heavy atom. The third-order valence-corrected chi connectivity index (χ3v) is 5.47. The molecule has 1 aromatic heterocycles. The Balaban J connectivity index is 1.51. The van der Waals surface area contributed by atoms with Crippen molar-refractivity contribution in [1.82, 2.24) is 5.32 Å². The Kier molecular flexibility index (Phi) is 5.15. The molecule has 1 saturated carbocycles. The van der Waals surface area contributed by atoms with Crippen LogP contribution >= 0.6 is 0 Å². The van der Waals surface area contributed by atoms with Gasteiger partial charge in [0.25, 0.3) is 11.8 Å². The van der Waals surface area contributed by atoms with E-state index in [2.05, 4.69) is 10.6 Å². The number of likely N-dealkylation sites (N-methyl/N-ethyl adjacent to an activating group) is 1. The Morgan fingerprint density at radius 2 is 1.97 bits per heavy atom. The van der Waals surface area contributed by atoms with Gasteiger partial charge in [0.05, 0.1) is 19.8 Å². The van der Waals surface area contributed by atoms with E-state index in [1.54, 1.807) is 20.1 Å². The maximum atomic E-state index is 12.8. The number of rotatable bonds is 7. The van der Waals surface area contributed by atoms with E-state index in [4.69, 9.17) is 9.15 Å². The van der Waals surface area contributed by atoms with E-state index in [-0.39, 0.29) is 18.4 Å². The van der Waals surface area contributed by atoms with Crippen LogP contribution in [0.15, 0.2) is 40.8 Å². The lowest BCUT2D eigenvalue weighted by molar-refractivity contribution is -0.885. The van der Waals surface area contributed by atoms with Gasteiger partial charge in [0.2, 0.25) is 0 Å². The monoisotopic (exact) mass is 396 g/mol. The van der Waals surface area contributed by atoms with Gasteiger partial charge in [0, 0.05) is 22.9 Å². The van der Waals surface area contributed by atoms with Crippen molar-refractivity contribution in [2.75, 3.05) is 26.0 Å². The quantitative estimate of drug-likeness (QED) is 0.568.